The molecular formula is C9H16ClNO2. The highest BCUT2D eigenvalue weighted by Crippen LogP contribution is 2.27. The van der Waals surface area contributed by atoms with E-state index in [9.17, 15) is 4.79 Å². The molecule has 0 N–H and O–H groups in total. The van der Waals surface area contributed by atoms with Crippen LogP contribution in [0.25, 0.3) is 0 Å². The van der Waals surface area contributed by atoms with Gasteiger partial charge in [-0.2, -0.15) is 0 Å². The summed E-state index contributed by atoms with van der Waals surface area (Å²) in [5.41, 5.74) is 0. The lowest BCUT2D eigenvalue weighted by atomic mass is 10.3. The fourth-order valence-corrected chi connectivity index (χ4v) is 1.47. The number of hydrogen-bond donors (Lipinski definition) is 0. The van der Waals surface area contributed by atoms with Crippen molar-refractivity contribution in [2.45, 2.75) is 25.3 Å². The van der Waals surface area contributed by atoms with Crippen molar-refractivity contribution in [2.75, 3.05) is 26.1 Å². The predicted octanol–water partition coefficient (Wildman–Crippen LogP) is 1.25. The minimum atomic E-state index is 0.162. The van der Waals surface area contributed by atoms with Gasteiger partial charge in [0.15, 0.2) is 0 Å². The molecule has 0 saturated heterocycles. The van der Waals surface area contributed by atoms with Gasteiger partial charge in [0.2, 0.25) is 5.91 Å². The Labute approximate surface area is 84.0 Å². The second kappa shape index (κ2) is 5.45. The van der Waals surface area contributed by atoms with E-state index in [1.807, 2.05) is 4.90 Å². The largest absolute Gasteiger partial charge is 0.383 e. The maximum atomic E-state index is 11.5. The number of carbonyl (C=O) groups excluding carboxylic acids is 1. The lowest BCUT2D eigenvalue weighted by Gasteiger charge is -2.21. The molecule has 13 heavy (non-hydrogen) atoms. The third-order valence-corrected chi connectivity index (χ3v) is 2.34. The zero-order valence-corrected chi connectivity index (χ0v) is 8.72. The Morgan fingerprint density at radius 1 is 1.62 bits per heavy atom. The standard InChI is InChI=1S/C9H16ClNO2/c1-13-7-6-11(8-2-3-8)9(12)4-5-10/h8H,2-7H2,1H3. The number of ether oxygens (including phenoxy) is 1. The Morgan fingerprint density at radius 2 is 2.31 bits per heavy atom. The molecule has 4 heteroatoms. The van der Waals surface area contributed by atoms with Gasteiger partial charge in [-0.05, 0) is 12.8 Å². The lowest BCUT2D eigenvalue weighted by Crippen LogP contribution is -2.35. The van der Waals surface area contributed by atoms with Gasteiger partial charge in [-0.1, -0.05) is 0 Å². The molecule has 76 valence electrons. The van der Waals surface area contributed by atoms with Crippen LogP contribution in [0.3, 0.4) is 0 Å². The van der Waals surface area contributed by atoms with Crippen molar-refractivity contribution in [1.82, 2.24) is 4.90 Å². The van der Waals surface area contributed by atoms with Gasteiger partial charge in [-0.3, -0.25) is 4.79 Å². The van der Waals surface area contributed by atoms with Crippen LogP contribution < -0.4 is 0 Å². The van der Waals surface area contributed by atoms with Crippen molar-refractivity contribution >= 4 is 17.5 Å². The quantitative estimate of drug-likeness (QED) is 0.611. The van der Waals surface area contributed by atoms with Crippen molar-refractivity contribution in [3.8, 4) is 0 Å². The van der Waals surface area contributed by atoms with E-state index >= 15 is 0 Å². The molecular weight excluding hydrogens is 190 g/mol. The Balaban J connectivity index is 2.32. The van der Waals surface area contributed by atoms with E-state index in [0.717, 1.165) is 12.8 Å². The van der Waals surface area contributed by atoms with Crippen LogP contribution in [0, 0.1) is 0 Å². The van der Waals surface area contributed by atoms with E-state index in [-0.39, 0.29) is 5.91 Å². The fourth-order valence-electron chi connectivity index (χ4n) is 1.31. The minimum absolute atomic E-state index is 0.162. The van der Waals surface area contributed by atoms with E-state index in [1.165, 1.54) is 0 Å². The highest BCUT2D eigenvalue weighted by Gasteiger charge is 2.31. The summed E-state index contributed by atoms with van der Waals surface area (Å²) in [7, 11) is 1.65. The van der Waals surface area contributed by atoms with Crippen LogP contribution in [0.1, 0.15) is 19.3 Å². The molecule has 0 spiro atoms. The van der Waals surface area contributed by atoms with Crippen LogP contribution in [0.2, 0.25) is 0 Å². The van der Waals surface area contributed by atoms with E-state index < -0.39 is 0 Å². The number of hydrogen-bond acceptors (Lipinski definition) is 2. The van der Waals surface area contributed by atoms with Gasteiger partial charge >= 0.3 is 0 Å². The number of amides is 1. The summed E-state index contributed by atoms with van der Waals surface area (Å²) in [6.07, 6.45) is 2.72. The first-order valence-corrected chi connectivity index (χ1v) is 5.17. The van der Waals surface area contributed by atoms with Crippen LogP contribution >= 0.6 is 11.6 Å². The van der Waals surface area contributed by atoms with Crippen LogP contribution in [0.4, 0.5) is 0 Å². The number of rotatable bonds is 6. The van der Waals surface area contributed by atoms with E-state index in [1.54, 1.807) is 7.11 Å². The highest BCUT2D eigenvalue weighted by molar-refractivity contribution is 6.18. The van der Waals surface area contributed by atoms with Crippen molar-refractivity contribution in [3.05, 3.63) is 0 Å². The van der Waals surface area contributed by atoms with E-state index in [0.29, 0.717) is 31.5 Å². The molecule has 0 unspecified atom stereocenters. The number of halogens is 1. The lowest BCUT2D eigenvalue weighted by molar-refractivity contribution is -0.132. The minimum Gasteiger partial charge on any atom is -0.383 e. The average molecular weight is 206 g/mol. The molecule has 0 bridgehead atoms. The smallest absolute Gasteiger partial charge is 0.224 e. The summed E-state index contributed by atoms with van der Waals surface area (Å²) in [5.74, 6) is 0.573. The highest BCUT2D eigenvalue weighted by atomic mass is 35.5. The zero-order chi connectivity index (χ0) is 9.68. The first-order valence-electron chi connectivity index (χ1n) is 4.64. The second-order valence-electron chi connectivity index (χ2n) is 3.25. The van der Waals surface area contributed by atoms with E-state index in [4.69, 9.17) is 16.3 Å². The van der Waals surface area contributed by atoms with Gasteiger partial charge < -0.3 is 9.64 Å². The van der Waals surface area contributed by atoms with Gasteiger partial charge in [-0.15, -0.1) is 11.6 Å². The van der Waals surface area contributed by atoms with Gasteiger partial charge in [0.1, 0.15) is 0 Å². The summed E-state index contributed by atoms with van der Waals surface area (Å²) < 4.78 is 4.95. The summed E-state index contributed by atoms with van der Waals surface area (Å²) in [6, 6.07) is 0.464. The summed E-state index contributed by atoms with van der Waals surface area (Å²) >= 11 is 5.52. The van der Waals surface area contributed by atoms with Gasteiger partial charge in [0.25, 0.3) is 0 Å². The van der Waals surface area contributed by atoms with Gasteiger partial charge in [-0.25, -0.2) is 0 Å². The molecule has 1 saturated carbocycles. The SMILES string of the molecule is COCCN(C(=O)CCCl)C1CC1. The average Bonchev–Trinajstić information content (AvgIpc) is 2.89. The first-order chi connectivity index (χ1) is 6.29. The molecule has 1 amide bonds. The summed E-state index contributed by atoms with van der Waals surface area (Å²) in [4.78, 5) is 13.4. The number of carbonyl (C=O) groups is 1. The molecule has 1 aliphatic carbocycles. The maximum Gasteiger partial charge on any atom is 0.224 e. The van der Waals surface area contributed by atoms with E-state index in [2.05, 4.69) is 0 Å². The molecule has 0 atom stereocenters. The van der Waals surface area contributed by atoms with Crippen molar-refractivity contribution in [1.29, 1.82) is 0 Å². The number of alkyl halides is 1. The van der Waals surface area contributed by atoms with Crippen molar-refractivity contribution in [3.63, 3.8) is 0 Å². The van der Waals surface area contributed by atoms with Crippen molar-refractivity contribution in [2.24, 2.45) is 0 Å². The molecule has 0 aromatic carbocycles. The normalized spacial score (nSPS) is 15.8. The Morgan fingerprint density at radius 3 is 2.77 bits per heavy atom. The van der Waals surface area contributed by atoms with Crippen LogP contribution in [0.5, 0.6) is 0 Å². The molecule has 0 aromatic rings. The molecule has 3 nitrogen and oxygen atoms in total. The fraction of sp³-hybridized carbons (Fsp3) is 0.889. The number of nitrogens with zero attached hydrogens (tertiary/aromatic N) is 1. The third kappa shape index (κ3) is 3.53. The van der Waals surface area contributed by atoms with Crippen molar-refractivity contribution < 1.29 is 9.53 Å². The Kier molecular flexibility index (Phi) is 4.53. The monoisotopic (exact) mass is 205 g/mol. The molecule has 1 aliphatic rings. The van der Waals surface area contributed by atoms with Gasteiger partial charge in [0, 0.05) is 32.0 Å². The molecule has 0 aromatic heterocycles. The Hall–Kier alpha value is -0.280. The third-order valence-electron chi connectivity index (χ3n) is 2.15. The van der Waals surface area contributed by atoms with Crippen LogP contribution in [0.15, 0.2) is 0 Å². The topological polar surface area (TPSA) is 29.5 Å². The summed E-state index contributed by atoms with van der Waals surface area (Å²) in [5, 5.41) is 0. The van der Waals surface area contributed by atoms with Crippen LogP contribution in [-0.2, 0) is 9.53 Å². The predicted molar refractivity (Wildman–Crippen MR) is 51.9 cm³/mol. The maximum absolute atomic E-state index is 11.5. The molecule has 0 aliphatic heterocycles. The molecule has 0 heterocycles. The van der Waals surface area contributed by atoms with Crippen LogP contribution in [-0.4, -0.2) is 43.0 Å². The van der Waals surface area contributed by atoms with Gasteiger partial charge in [0.05, 0.1) is 6.61 Å². The zero-order valence-electron chi connectivity index (χ0n) is 7.96. The molecule has 1 rings (SSSR count). The second-order valence-corrected chi connectivity index (χ2v) is 3.63. The molecule has 1 fully saturated rings. The molecule has 0 radical (unpaired) electrons. The number of methoxy groups -OCH3 is 1. The summed E-state index contributed by atoms with van der Waals surface area (Å²) in [6.45, 7) is 1.32. The first kappa shape index (κ1) is 10.8. The Bertz CT molecular complexity index is 171.